The third-order valence-electron chi connectivity index (χ3n) is 3.59. The molecule has 4 nitrogen and oxygen atoms in total. The van der Waals surface area contributed by atoms with Crippen molar-refractivity contribution in [1.82, 2.24) is 14.9 Å². The molecule has 0 amide bonds. The van der Waals surface area contributed by atoms with E-state index < -0.39 is 0 Å². The van der Waals surface area contributed by atoms with Crippen LogP contribution >= 0.6 is 0 Å². The van der Waals surface area contributed by atoms with Gasteiger partial charge < -0.3 is 14.3 Å². The van der Waals surface area contributed by atoms with Gasteiger partial charge in [0.2, 0.25) is 5.89 Å². The van der Waals surface area contributed by atoms with Crippen molar-refractivity contribution in [3.05, 3.63) is 53.9 Å². The molecule has 3 rings (SSSR count). The van der Waals surface area contributed by atoms with Crippen LogP contribution in [0, 0.1) is 6.92 Å². The summed E-state index contributed by atoms with van der Waals surface area (Å²) < 4.78 is 7.71. The molecule has 0 saturated carbocycles. The van der Waals surface area contributed by atoms with Gasteiger partial charge in [0, 0.05) is 30.7 Å². The van der Waals surface area contributed by atoms with Crippen LogP contribution in [-0.4, -0.2) is 9.55 Å². The zero-order valence-corrected chi connectivity index (χ0v) is 12.1. The SMILES string of the molecule is Cc1cnc(C(C)NCc2cn(C)c3ccccc23)o1. The van der Waals surface area contributed by atoms with Crippen LogP contribution in [-0.2, 0) is 13.6 Å². The van der Waals surface area contributed by atoms with Gasteiger partial charge in [-0.3, -0.25) is 0 Å². The molecule has 1 aromatic carbocycles. The average molecular weight is 269 g/mol. The van der Waals surface area contributed by atoms with Crippen LogP contribution in [0.5, 0.6) is 0 Å². The lowest BCUT2D eigenvalue weighted by Gasteiger charge is -2.09. The Morgan fingerprint density at radius 1 is 1.35 bits per heavy atom. The fraction of sp³-hybridized carbons (Fsp3) is 0.312. The Labute approximate surface area is 118 Å². The first-order valence-electron chi connectivity index (χ1n) is 6.84. The maximum atomic E-state index is 5.55. The summed E-state index contributed by atoms with van der Waals surface area (Å²) in [5.74, 6) is 1.58. The predicted octanol–water partition coefficient (Wildman–Crippen LogP) is 3.33. The van der Waals surface area contributed by atoms with Gasteiger partial charge in [0.1, 0.15) is 5.76 Å². The maximum Gasteiger partial charge on any atom is 0.211 e. The smallest absolute Gasteiger partial charge is 0.211 e. The molecule has 1 atom stereocenters. The zero-order valence-electron chi connectivity index (χ0n) is 12.1. The number of oxazole rings is 1. The Kier molecular flexibility index (Phi) is 3.32. The lowest BCUT2D eigenvalue weighted by Crippen LogP contribution is -2.18. The van der Waals surface area contributed by atoms with E-state index in [-0.39, 0.29) is 6.04 Å². The Hall–Kier alpha value is -2.07. The largest absolute Gasteiger partial charge is 0.444 e. The maximum absolute atomic E-state index is 5.55. The predicted molar refractivity (Wildman–Crippen MR) is 79.4 cm³/mol. The molecule has 0 radical (unpaired) electrons. The van der Waals surface area contributed by atoms with Crippen LogP contribution in [0.2, 0.25) is 0 Å². The summed E-state index contributed by atoms with van der Waals surface area (Å²) in [6.07, 6.45) is 3.93. The molecule has 1 N–H and O–H groups in total. The monoisotopic (exact) mass is 269 g/mol. The van der Waals surface area contributed by atoms with E-state index in [9.17, 15) is 0 Å². The molecule has 0 aliphatic heterocycles. The van der Waals surface area contributed by atoms with E-state index in [0.29, 0.717) is 0 Å². The van der Waals surface area contributed by atoms with E-state index in [0.717, 1.165) is 18.2 Å². The summed E-state index contributed by atoms with van der Waals surface area (Å²) in [7, 11) is 2.08. The van der Waals surface area contributed by atoms with Crippen LogP contribution in [0.1, 0.15) is 30.2 Å². The number of hydrogen-bond acceptors (Lipinski definition) is 3. The number of hydrogen-bond donors (Lipinski definition) is 1. The molecular formula is C16H19N3O. The highest BCUT2D eigenvalue weighted by Gasteiger charge is 2.12. The van der Waals surface area contributed by atoms with Crippen molar-refractivity contribution >= 4 is 10.9 Å². The Bertz CT molecular complexity index is 726. The highest BCUT2D eigenvalue weighted by Crippen LogP contribution is 2.21. The van der Waals surface area contributed by atoms with Crippen molar-refractivity contribution < 1.29 is 4.42 Å². The zero-order chi connectivity index (χ0) is 14.1. The van der Waals surface area contributed by atoms with Crippen LogP contribution in [0.4, 0.5) is 0 Å². The van der Waals surface area contributed by atoms with Gasteiger partial charge in [0.25, 0.3) is 0 Å². The Balaban J connectivity index is 1.77. The molecule has 0 aliphatic rings. The van der Waals surface area contributed by atoms with Gasteiger partial charge in [-0.25, -0.2) is 4.98 Å². The molecule has 0 aliphatic carbocycles. The Morgan fingerprint density at radius 2 is 2.15 bits per heavy atom. The number of para-hydroxylation sites is 1. The molecule has 0 saturated heterocycles. The number of aryl methyl sites for hydroxylation is 2. The third kappa shape index (κ3) is 2.34. The molecule has 4 heteroatoms. The van der Waals surface area contributed by atoms with Gasteiger partial charge in [0.05, 0.1) is 12.2 Å². The number of aromatic nitrogens is 2. The standard InChI is InChI=1S/C16H19N3O/c1-11-8-18-16(20-11)12(2)17-9-13-10-19(3)15-7-5-4-6-14(13)15/h4-8,10,12,17H,9H2,1-3H3. The van der Waals surface area contributed by atoms with E-state index in [1.807, 2.05) is 6.92 Å². The van der Waals surface area contributed by atoms with E-state index in [4.69, 9.17) is 4.42 Å². The molecule has 0 fully saturated rings. The number of fused-ring (bicyclic) bond motifs is 1. The van der Waals surface area contributed by atoms with Crippen LogP contribution in [0.25, 0.3) is 10.9 Å². The second-order valence-electron chi connectivity index (χ2n) is 5.19. The lowest BCUT2D eigenvalue weighted by molar-refractivity contribution is 0.402. The molecule has 0 spiro atoms. The van der Waals surface area contributed by atoms with Crippen molar-refractivity contribution in [1.29, 1.82) is 0 Å². The highest BCUT2D eigenvalue weighted by atomic mass is 16.4. The van der Waals surface area contributed by atoms with Gasteiger partial charge in [0.15, 0.2) is 0 Å². The quantitative estimate of drug-likeness (QED) is 0.790. The van der Waals surface area contributed by atoms with Crippen LogP contribution < -0.4 is 5.32 Å². The van der Waals surface area contributed by atoms with Crippen molar-refractivity contribution in [2.45, 2.75) is 26.4 Å². The first-order chi connectivity index (χ1) is 9.65. The van der Waals surface area contributed by atoms with E-state index in [1.165, 1.54) is 16.5 Å². The highest BCUT2D eigenvalue weighted by molar-refractivity contribution is 5.83. The van der Waals surface area contributed by atoms with Gasteiger partial charge in [-0.2, -0.15) is 0 Å². The number of benzene rings is 1. The molecular weight excluding hydrogens is 250 g/mol. The molecule has 0 bridgehead atoms. The minimum atomic E-state index is 0.0997. The minimum absolute atomic E-state index is 0.0997. The number of nitrogens with one attached hydrogen (secondary N) is 1. The summed E-state index contributed by atoms with van der Waals surface area (Å²) in [6, 6.07) is 8.54. The van der Waals surface area contributed by atoms with Gasteiger partial charge in [-0.15, -0.1) is 0 Å². The first kappa shape index (κ1) is 12.9. The first-order valence-corrected chi connectivity index (χ1v) is 6.84. The molecule has 20 heavy (non-hydrogen) atoms. The summed E-state index contributed by atoms with van der Waals surface area (Å²) in [4.78, 5) is 4.26. The fourth-order valence-corrected chi connectivity index (χ4v) is 2.49. The molecule has 2 heterocycles. The van der Waals surface area contributed by atoms with Gasteiger partial charge in [-0.05, 0) is 25.5 Å². The van der Waals surface area contributed by atoms with Crippen molar-refractivity contribution in [3.8, 4) is 0 Å². The van der Waals surface area contributed by atoms with Crippen molar-refractivity contribution in [2.24, 2.45) is 7.05 Å². The van der Waals surface area contributed by atoms with Crippen molar-refractivity contribution in [2.75, 3.05) is 0 Å². The van der Waals surface area contributed by atoms with Gasteiger partial charge in [-0.1, -0.05) is 18.2 Å². The van der Waals surface area contributed by atoms with Gasteiger partial charge >= 0.3 is 0 Å². The summed E-state index contributed by atoms with van der Waals surface area (Å²) in [6.45, 7) is 4.77. The van der Waals surface area contributed by atoms with Crippen molar-refractivity contribution in [3.63, 3.8) is 0 Å². The number of nitrogens with zero attached hydrogens (tertiary/aromatic N) is 2. The molecule has 104 valence electrons. The third-order valence-corrected chi connectivity index (χ3v) is 3.59. The number of rotatable bonds is 4. The minimum Gasteiger partial charge on any atom is -0.444 e. The molecule has 2 aromatic heterocycles. The van der Waals surface area contributed by atoms with E-state index in [1.54, 1.807) is 6.20 Å². The normalized spacial score (nSPS) is 12.9. The van der Waals surface area contributed by atoms with Crippen LogP contribution in [0.15, 0.2) is 41.1 Å². The lowest BCUT2D eigenvalue weighted by atomic mass is 10.1. The summed E-state index contributed by atoms with van der Waals surface area (Å²) in [5.41, 5.74) is 2.54. The fourth-order valence-electron chi connectivity index (χ4n) is 2.49. The topological polar surface area (TPSA) is 43.0 Å². The van der Waals surface area contributed by atoms with E-state index in [2.05, 4.69) is 59.3 Å². The second kappa shape index (κ2) is 5.13. The summed E-state index contributed by atoms with van der Waals surface area (Å²) >= 11 is 0. The molecule has 3 aromatic rings. The van der Waals surface area contributed by atoms with E-state index >= 15 is 0 Å². The Morgan fingerprint density at radius 3 is 2.90 bits per heavy atom. The summed E-state index contributed by atoms with van der Waals surface area (Å²) in [5, 5.41) is 4.75. The molecule has 1 unspecified atom stereocenters. The second-order valence-corrected chi connectivity index (χ2v) is 5.19. The average Bonchev–Trinajstić information content (AvgIpc) is 3.01. The van der Waals surface area contributed by atoms with Crippen LogP contribution in [0.3, 0.4) is 0 Å².